The Morgan fingerprint density at radius 3 is 2.52 bits per heavy atom. The normalized spacial score (nSPS) is 16.2. The molecule has 0 unspecified atom stereocenters. The number of carboxylic acid groups (broad SMARTS) is 1. The van der Waals surface area contributed by atoms with E-state index in [2.05, 4.69) is 15.2 Å². The van der Waals surface area contributed by atoms with Crippen molar-refractivity contribution in [2.45, 2.75) is 13.2 Å². The van der Waals surface area contributed by atoms with Gasteiger partial charge in [-0.05, 0) is 7.05 Å². The second-order valence-electron chi connectivity index (χ2n) is 4.96. The number of hydrogen-bond acceptors (Lipinski definition) is 6. The van der Waals surface area contributed by atoms with Gasteiger partial charge in [-0.25, -0.2) is 9.48 Å². The second-order valence-corrected chi connectivity index (χ2v) is 4.96. The predicted molar refractivity (Wildman–Crippen MR) is 71.8 cm³/mol. The molecule has 0 aliphatic carbocycles. The Balaban J connectivity index is 2.08. The minimum atomic E-state index is -1.18. The quantitative estimate of drug-likeness (QED) is 0.736. The Labute approximate surface area is 122 Å². The summed E-state index contributed by atoms with van der Waals surface area (Å²) < 4.78 is 6.26. The molecule has 1 aromatic heterocycles. The molecule has 1 aliphatic heterocycles. The minimum Gasteiger partial charge on any atom is -0.476 e. The molecule has 0 saturated carbocycles. The van der Waals surface area contributed by atoms with Gasteiger partial charge in [0.1, 0.15) is 6.54 Å². The molecule has 21 heavy (non-hydrogen) atoms. The number of carbonyl (C=O) groups excluding carboxylic acids is 1. The van der Waals surface area contributed by atoms with Crippen LogP contribution in [0, 0.1) is 0 Å². The monoisotopic (exact) mass is 297 g/mol. The summed E-state index contributed by atoms with van der Waals surface area (Å²) in [5, 5.41) is 16.4. The highest BCUT2D eigenvalue weighted by Crippen LogP contribution is 2.09. The standard InChI is InChI=1S/C12H19N5O4/c1-15-3-5-16(6-4-15)10(18)7-17-9(8-21-2)11(12(19)20)13-14-17/h3-8H2,1-2H3,(H,19,20). The Kier molecular flexibility index (Phi) is 4.86. The van der Waals surface area contributed by atoms with Gasteiger partial charge in [-0.15, -0.1) is 5.10 Å². The molecular formula is C12H19N5O4. The van der Waals surface area contributed by atoms with Crippen molar-refractivity contribution in [3.63, 3.8) is 0 Å². The fourth-order valence-electron chi connectivity index (χ4n) is 2.19. The van der Waals surface area contributed by atoms with E-state index in [-0.39, 0.29) is 24.8 Å². The second kappa shape index (κ2) is 6.64. The lowest BCUT2D eigenvalue weighted by molar-refractivity contribution is -0.133. The first-order valence-corrected chi connectivity index (χ1v) is 6.64. The molecule has 0 aromatic carbocycles. The van der Waals surface area contributed by atoms with E-state index >= 15 is 0 Å². The molecule has 0 radical (unpaired) electrons. The summed E-state index contributed by atoms with van der Waals surface area (Å²) in [6.45, 7) is 3.00. The molecule has 1 fully saturated rings. The van der Waals surface area contributed by atoms with E-state index in [0.717, 1.165) is 13.1 Å². The van der Waals surface area contributed by atoms with Crippen LogP contribution in [0.4, 0.5) is 0 Å². The molecule has 0 atom stereocenters. The maximum absolute atomic E-state index is 12.2. The number of carboxylic acids is 1. The van der Waals surface area contributed by atoms with Gasteiger partial charge >= 0.3 is 5.97 Å². The zero-order valence-electron chi connectivity index (χ0n) is 12.2. The maximum atomic E-state index is 12.2. The number of carbonyl (C=O) groups is 2. The van der Waals surface area contributed by atoms with E-state index in [9.17, 15) is 9.59 Å². The lowest BCUT2D eigenvalue weighted by Gasteiger charge is -2.32. The van der Waals surface area contributed by atoms with Crippen LogP contribution in [0.1, 0.15) is 16.2 Å². The number of amides is 1. The lowest BCUT2D eigenvalue weighted by Crippen LogP contribution is -2.48. The van der Waals surface area contributed by atoms with Gasteiger partial charge < -0.3 is 19.6 Å². The molecule has 9 heteroatoms. The first-order valence-electron chi connectivity index (χ1n) is 6.64. The highest BCUT2D eigenvalue weighted by Gasteiger charge is 2.23. The zero-order valence-corrected chi connectivity index (χ0v) is 12.2. The SMILES string of the molecule is COCc1c(C(=O)O)nnn1CC(=O)N1CCN(C)CC1. The number of methoxy groups -OCH3 is 1. The molecule has 1 saturated heterocycles. The number of rotatable bonds is 5. The largest absolute Gasteiger partial charge is 0.476 e. The third-order valence-electron chi connectivity index (χ3n) is 3.46. The van der Waals surface area contributed by atoms with Crippen LogP contribution in [0.15, 0.2) is 0 Å². The highest BCUT2D eigenvalue weighted by atomic mass is 16.5. The molecule has 116 valence electrons. The third kappa shape index (κ3) is 3.56. The predicted octanol–water partition coefficient (Wildman–Crippen LogP) is -1.10. The van der Waals surface area contributed by atoms with Gasteiger partial charge in [0.2, 0.25) is 5.91 Å². The van der Waals surface area contributed by atoms with Crippen molar-refractivity contribution in [3.05, 3.63) is 11.4 Å². The van der Waals surface area contributed by atoms with Gasteiger partial charge in [0.15, 0.2) is 5.69 Å². The maximum Gasteiger partial charge on any atom is 0.358 e. The highest BCUT2D eigenvalue weighted by molar-refractivity contribution is 5.86. The number of likely N-dealkylation sites (N-methyl/N-ethyl adjacent to an activating group) is 1. The van der Waals surface area contributed by atoms with E-state index in [0.29, 0.717) is 18.8 Å². The molecule has 0 spiro atoms. The summed E-state index contributed by atoms with van der Waals surface area (Å²) in [5.74, 6) is -1.28. The first kappa shape index (κ1) is 15.4. The molecule has 9 nitrogen and oxygen atoms in total. The topological polar surface area (TPSA) is 101 Å². The molecule has 2 heterocycles. The van der Waals surface area contributed by atoms with Crippen molar-refractivity contribution < 1.29 is 19.4 Å². The Morgan fingerprint density at radius 1 is 1.29 bits per heavy atom. The molecule has 2 rings (SSSR count). The number of nitrogens with zero attached hydrogens (tertiary/aromatic N) is 5. The van der Waals surface area contributed by atoms with Crippen LogP contribution in [0.5, 0.6) is 0 Å². The first-order chi connectivity index (χ1) is 10.0. The average molecular weight is 297 g/mol. The smallest absolute Gasteiger partial charge is 0.358 e. The fraction of sp³-hybridized carbons (Fsp3) is 0.667. The average Bonchev–Trinajstić information content (AvgIpc) is 2.83. The van der Waals surface area contributed by atoms with Crippen molar-refractivity contribution in [3.8, 4) is 0 Å². The number of piperazine rings is 1. The Morgan fingerprint density at radius 2 is 1.95 bits per heavy atom. The lowest BCUT2D eigenvalue weighted by atomic mass is 10.3. The summed E-state index contributed by atoms with van der Waals surface area (Å²) in [4.78, 5) is 27.2. The molecule has 1 aromatic rings. The van der Waals surface area contributed by atoms with Crippen LogP contribution >= 0.6 is 0 Å². The van der Waals surface area contributed by atoms with Gasteiger partial charge in [0, 0.05) is 33.3 Å². The number of aromatic carboxylic acids is 1. The van der Waals surface area contributed by atoms with Crippen molar-refractivity contribution in [1.29, 1.82) is 0 Å². The van der Waals surface area contributed by atoms with Crippen molar-refractivity contribution in [2.75, 3.05) is 40.3 Å². The van der Waals surface area contributed by atoms with Gasteiger partial charge in [-0.3, -0.25) is 4.79 Å². The summed E-state index contributed by atoms with van der Waals surface area (Å²) in [5.41, 5.74) is 0.121. The van der Waals surface area contributed by atoms with E-state index in [1.165, 1.54) is 11.8 Å². The number of ether oxygens (including phenoxy) is 1. The molecule has 0 bridgehead atoms. The summed E-state index contributed by atoms with van der Waals surface area (Å²) >= 11 is 0. The van der Waals surface area contributed by atoms with Crippen LogP contribution in [0.3, 0.4) is 0 Å². The van der Waals surface area contributed by atoms with Crippen LogP contribution in [-0.2, 0) is 22.7 Å². The summed E-state index contributed by atoms with van der Waals surface area (Å²) in [6.07, 6.45) is 0. The minimum absolute atomic E-state index is 0.0251. The number of aromatic nitrogens is 3. The molecule has 1 N–H and O–H groups in total. The molecule has 1 aliphatic rings. The van der Waals surface area contributed by atoms with Crippen molar-refractivity contribution in [2.24, 2.45) is 0 Å². The van der Waals surface area contributed by atoms with Gasteiger partial charge in [0.05, 0.1) is 12.3 Å². The molecule has 1 amide bonds. The van der Waals surface area contributed by atoms with Gasteiger partial charge in [0.25, 0.3) is 0 Å². The van der Waals surface area contributed by atoms with E-state index in [1.807, 2.05) is 7.05 Å². The van der Waals surface area contributed by atoms with E-state index in [4.69, 9.17) is 9.84 Å². The van der Waals surface area contributed by atoms with Gasteiger partial charge in [-0.1, -0.05) is 5.21 Å². The van der Waals surface area contributed by atoms with E-state index in [1.54, 1.807) is 4.90 Å². The van der Waals surface area contributed by atoms with Crippen LogP contribution in [0.2, 0.25) is 0 Å². The van der Waals surface area contributed by atoms with Crippen LogP contribution in [-0.4, -0.2) is 82.1 Å². The summed E-state index contributed by atoms with van der Waals surface area (Å²) in [7, 11) is 3.46. The van der Waals surface area contributed by atoms with E-state index < -0.39 is 5.97 Å². The van der Waals surface area contributed by atoms with Gasteiger partial charge in [-0.2, -0.15) is 0 Å². The third-order valence-corrected chi connectivity index (χ3v) is 3.46. The fourth-order valence-corrected chi connectivity index (χ4v) is 2.19. The Bertz CT molecular complexity index is 522. The summed E-state index contributed by atoms with van der Waals surface area (Å²) in [6, 6.07) is 0. The molecular weight excluding hydrogens is 278 g/mol. The van der Waals surface area contributed by atoms with Crippen LogP contribution in [0.25, 0.3) is 0 Å². The van der Waals surface area contributed by atoms with Crippen molar-refractivity contribution >= 4 is 11.9 Å². The van der Waals surface area contributed by atoms with Crippen molar-refractivity contribution in [1.82, 2.24) is 24.8 Å². The van der Waals surface area contributed by atoms with Crippen LogP contribution < -0.4 is 0 Å². The Hall–Kier alpha value is -2.00. The number of hydrogen-bond donors (Lipinski definition) is 1. The zero-order chi connectivity index (χ0) is 15.4.